The van der Waals surface area contributed by atoms with Gasteiger partial charge in [0.25, 0.3) is 11.6 Å². The summed E-state index contributed by atoms with van der Waals surface area (Å²) in [4.78, 5) is 22.3. The number of hydrogen-bond acceptors (Lipinski definition) is 5. The van der Waals surface area contributed by atoms with Gasteiger partial charge in [-0.2, -0.15) is 0 Å². The number of aromatic nitrogens is 1. The molecule has 0 aliphatic rings. The van der Waals surface area contributed by atoms with Crippen molar-refractivity contribution in [2.24, 2.45) is 10.2 Å². The molecule has 0 radical (unpaired) electrons. The van der Waals surface area contributed by atoms with Gasteiger partial charge in [-0.05, 0) is 19.1 Å². The van der Waals surface area contributed by atoms with Gasteiger partial charge in [0.1, 0.15) is 0 Å². The van der Waals surface area contributed by atoms with E-state index in [4.69, 9.17) is 0 Å². The number of fused-ring (bicyclic) bond motifs is 1. The Morgan fingerprint density at radius 1 is 1.24 bits per heavy atom. The smallest absolute Gasteiger partial charge is 0.295 e. The van der Waals surface area contributed by atoms with Crippen molar-refractivity contribution in [3.05, 3.63) is 64.2 Å². The molecule has 3 aromatic rings. The predicted octanol–water partition coefficient (Wildman–Crippen LogP) is 4.20. The van der Waals surface area contributed by atoms with E-state index in [-0.39, 0.29) is 22.8 Å². The van der Waals surface area contributed by atoms with Crippen LogP contribution in [0, 0.1) is 10.1 Å². The summed E-state index contributed by atoms with van der Waals surface area (Å²) in [5, 5.41) is 29.3. The number of non-ortho nitro benzene ring substituents is 1. The minimum atomic E-state index is -0.726. The van der Waals surface area contributed by atoms with Crippen LogP contribution in [0.25, 0.3) is 10.9 Å². The number of aryl methyl sites for hydroxylation is 1. The second-order valence-corrected chi connectivity index (χ2v) is 5.25. The highest BCUT2D eigenvalue weighted by atomic mass is 16.6. The van der Waals surface area contributed by atoms with Crippen molar-refractivity contribution >= 4 is 28.2 Å². The molecule has 0 saturated carbocycles. The molecule has 8 nitrogen and oxygen atoms in total. The fourth-order valence-electron chi connectivity index (χ4n) is 2.60. The Bertz CT molecular complexity index is 1010. The van der Waals surface area contributed by atoms with Crippen LogP contribution in [-0.2, 0) is 6.54 Å². The number of hydrogen-bond donors (Lipinski definition) is 1. The molecule has 1 amide bonds. The van der Waals surface area contributed by atoms with Gasteiger partial charge in [-0.1, -0.05) is 24.3 Å². The number of amides is 1. The SMILES string of the molecule is CCn1c(O)c(N=NC(=O)c2cccc([N+](=O)[O-])c2)c2ccccc21. The molecule has 2 aromatic carbocycles. The quantitative estimate of drug-likeness (QED) is 0.436. The van der Waals surface area contributed by atoms with Crippen LogP contribution in [-0.4, -0.2) is 20.5 Å². The number of nitro groups is 1. The lowest BCUT2D eigenvalue weighted by atomic mass is 10.2. The van der Waals surface area contributed by atoms with Gasteiger partial charge < -0.3 is 9.67 Å². The van der Waals surface area contributed by atoms with Gasteiger partial charge in [0, 0.05) is 24.1 Å². The average Bonchev–Trinajstić information content (AvgIpc) is 2.90. The maximum atomic E-state index is 12.1. The summed E-state index contributed by atoms with van der Waals surface area (Å²) in [5.74, 6) is -0.810. The molecule has 8 heteroatoms. The molecule has 25 heavy (non-hydrogen) atoms. The zero-order chi connectivity index (χ0) is 18.0. The number of nitro benzene ring substituents is 1. The van der Waals surface area contributed by atoms with E-state index in [0.717, 1.165) is 11.6 Å². The van der Waals surface area contributed by atoms with Crippen molar-refractivity contribution in [3.8, 4) is 5.88 Å². The van der Waals surface area contributed by atoms with Gasteiger partial charge in [-0.15, -0.1) is 10.2 Å². The highest BCUT2D eigenvalue weighted by Crippen LogP contribution is 2.38. The van der Waals surface area contributed by atoms with E-state index < -0.39 is 10.8 Å². The Morgan fingerprint density at radius 3 is 2.72 bits per heavy atom. The molecule has 0 spiro atoms. The zero-order valence-corrected chi connectivity index (χ0v) is 13.3. The number of aromatic hydroxyl groups is 1. The van der Waals surface area contributed by atoms with Crippen LogP contribution in [0.1, 0.15) is 17.3 Å². The van der Waals surface area contributed by atoms with E-state index in [1.807, 2.05) is 19.1 Å². The molecule has 1 heterocycles. The standard InChI is InChI=1S/C17H14N4O4/c1-2-20-14-9-4-3-8-13(14)15(17(20)23)18-19-16(22)11-6-5-7-12(10-11)21(24)25/h3-10,23H,2H2,1H3. The number of para-hydroxylation sites is 1. The maximum absolute atomic E-state index is 12.1. The number of carbonyl (C=O) groups excluding carboxylic acids is 1. The summed E-state index contributed by atoms with van der Waals surface area (Å²) in [7, 11) is 0. The molecule has 0 atom stereocenters. The van der Waals surface area contributed by atoms with E-state index in [1.165, 1.54) is 18.2 Å². The number of nitrogens with zero attached hydrogens (tertiary/aromatic N) is 4. The van der Waals surface area contributed by atoms with Crippen LogP contribution in [0.4, 0.5) is 11.4 Å². The fourth-order valence-corrected chi connectivity index (χ4v) is 2.60. The highest BCUT2D eigenvalue weighted by molar-refractivity contribution is 5.97. The van der Waals surface area contributed by atoms with Crippen molar-refractivity contribution < 1.29 is 14.8 Å². The molecule has 0 bridgehead atoms. The van der Waals surface area contributed by atoms with Crippen LogP contribution in [0.15, 0.2) is 58.8 Å². The molecular formula is C17H14N4O4. The Hall–Kier alpha value is -3.55. The number of benzene rings is 2. The predicted molar refractivity (Wildman–Crippen MR) is 91.2 cm³/mol. The van der Waals surface area contributed by atoms with Gasteiger partial charge in [0.15, 0.2) is 5.69 Å². The van der Waals surface area contributed by atoms with Gasteiger partial charge in [0.2, 0.25) is 5.88 Å². The molecule has 0 aliphatic heterocycles. The van der Waals surface area contributed by atoms with Crippen molar-refractivity contribution in [2.45, 2.75) is 13.5 Å². The van der Waals surface area contributed by atoms with E-state index in [9.17, 15) is 20.0 Å². The van der Waals surface area contributed by atoms with Crippen LogP contribution >= 0.6 is 0 Å². The van der Waals surface area contributed by atoms with Crippen molar-refractivity contribution in [2.75, 3.05) is 0 Å². The second-order valence-electron chi connectivity index (χ2n) is 5.25. The summed E-state index contributed by atoms with van der Waals surface area (Å²) < 4.78 is 1.65. The monoisotopic (exact) mass is 338 g/mol. The van der Waals surface area contributed by atoms with Crippen LogP contribution in [0.5, 0.6) is 5.88 Å². The number of rotatable bonds is 4. The van der Waals surface area contributed by atoms with E-state index in [2.05, 4.69) is 10.2 Å². The first kappa shape index (κ1) is 16.3. The third-order valence-corrected chi connectivity index (χ3v) is 3.78. The van der Waals surface area contributed by atoms with Gasteiger partial charge in [-0.3, -0.25) is 14.9 Å². The van der Waals surface area contributed by atoms with E-state index in [1.54, 1.807) is 16.7 Å². The van der Waals surface area contributed by atoms with E-state index in [0.29, 0.717) is 11.9 Å². The van der Waals surface area contributed by atoms with Crippen LogP contribution < -0.4 is 0 Å². The topological polar surface area (TPSA) is 110 Å². The second kappa shape index (κ2) is 6.52. The summed E-state index contributed by atoms with van der Waals surface area (Å²) in [6.45, 7) is 2.40. The molecule has 0 fully saturated rings. The Kier molecular flexibility index (Phi) is 4.25. The summed E-state index contributed by atoms with van der Waals surface area (Å²) in [6.07, 6.45) is 0. The molecule has 1 aromatic heterocycles. The molecule has 0 aliphatic carbocycles. The average molecular weight is 338 g/mol. The maximum Gasteiger partial charge on any atom is 0.295 e. The Labute approximate surface area is 142 Å². The van der Waals surface area contributed by atoms with Crippen molar-refractivity contribution in [1.82, 2.24) is 4.57 Å². The third-order valence-electron chi connectivity index (χ3n) is 3.78. The first-order chi connectivity index (χ1) is 12.0. The Balaban J connectivity index is 1.99. The fraction of sp³-hybridized carbons (Fsp3) is 0.118. The minimum absolute atomic E-state index is 0.0525. The zero-order valence-electron chi connectivity index (χ0n) is 13.3. The molecule has 3 rings (SSSR count). The summed E-state index contributed by atoms with van der Waals surface area (Å²) in [6, 6.07) is 12.5. The van der Waals surface area contributed by atoms with Gasteiger partial charge in [0.05, 0.1) is 16.0 Å². The van der Waals surface area contributed by atoms with Crippen molar-refractivity contribution in [1.29, 1.82) is 0 Å². The summed E-state index contributed by atoms with van der Waals surface area (Å²) in [5.41, 5.74) is 0.818. The molecule has 1 N–H and O–H groups in total. The lowest BCUT2D eigenvalue weighted by molar-refractivity contribution is -0.384. The van der Waals surface area contributed by atoms with Crippen LogP contribution in [0.2, 0.25) is 0 Å². The third kappa shape index (κ3) is 2.97. The number of carbonyl (C=O) groups is 1. The first-order valence-electron chi connectivity index (χ1n) is 7.53. The van der Waals surface area contributed by atoms with Gasteiger partial charge >= 0.3 is 0 Å². The largest absolute Gasteiger partial charge is 0.493 e. The molecular weight excluding hydrogens is 324 g/mol. The normalized spacial score (nSPS) is 11.2. The summed E-state index contributed by atoms with van der Waals surface area (Å²) >= 11 is 0. The lowest BCUT2D eigenvalue weighted by Crippen LogP contribution is -1.96. The van der Waals surface area contributed by atoms with Gasteiger partial charge in [-0.25, -0.2) is 0 Å². The number of azo groups is 1. The van der Waals surface area contributed by atoms with E-state index >= 15 is 0 Å². The molecule has 0 unspecified atom stereocenters. The highest BCUT2D eigenvalue weighted by Gasteiger charge is 2.16. The first-order valence-corrected chi connectivity index (χ1v) is 7.53. The Morgan fingerprint density at radius 2 is 2.00 bits per heavy atom. The van der Waals surface area contributed by atoms with Crippen LogP contribution in [0.3, 0.4) is 0 Å². The molecule has 0 saturated heterocycles. The lowest BCUT2D eigenvalue weighted by Gasteiger charge is -2.00. The molecule has 126 valence electrons. The van der Waals surface area contributed by atoms with Crippen molar-refractivity contribution in [3.63, 3.8) is 0 Å². The minimum Gasteiger partial charge on any atom is -0.493 e.